The molecule has 0 aliphatic carbocycles. The molecule has 0 radical (unpaired) electrons. The second kappa shape index (κ2) is 8.31. The summed E-state index contributed by atoms with van der Waals surface area (Å²) >= 11 is 5.10. The lowest BCUT2D eigenvalue weighted by Gasteiger charge is -2.02. The fourth-order valence-corrected chi connectivity index (χ4v) is 4.71. The molecule has 0 unspecified atom stereocenters. The summed E-state index contributed by atoms with van der Waals surface area (Å²) in [5.74, 6) is 0.605. The third kappa shape index (κ3) is 3.94. The van der Waals surface area contributed by atoms with Gasteiger partial charge < -0.3 is 0 Å². The van der Waals surface area contributed by atoms with E-state index in [-0.39, 0.29) is 0 Å². The Morgan fingerprint density at radius 1 is 0.758 bits per heavy atom. The van der Waals surface area contributed by atoms with Crippen molar-refractivity contribution in [2.75, 3.05) is 0 Å². The molecule has 0 spiro atoms. The molecule has 4 aromatic heterocycles. The molecule has 0 atom stereocenters. The second-order valence-corrected chi connectivity index (χ2v) is 9.34. The Bertz CT molecular complexity index is 1520. The number of H-pyrrole nitrogens is 1. The molecule has 158 valence electrons. The molecule has 8 heteroatoms. The van der Waals surface area contributed by atoms with Crippen LogP contribution in [0.1, 0.15) is 0 Å². The first-order chi connectivity index (χ1) is 16.2. The van der Waals surface area contributed by atoms with Crippen LogP contribution in [0.2, 0.25) is 0 Å². The van der Waals surface area contributed by atoms with E-state index >= 15 is 0 Å². The third-order valence-corrected chi connectivity index (χ3v) is 6.83. The summed E-state index contributed by atoms with van der Waals surface area (Å²) in [4.78, 5) is 18.0. The zero-order valence-corrected chi connectivity index (χ0v) is 19.5. The minimum Gasteiger partial charge on any atom is -0.274 e. The zero-order chi connectivity index (χ0) is 22.2. The molecule has 0 saturated heterocycles. The quantitative estimate of drug-likeness (QED) is 0.287. The molecule has 0 bridgehead atoms. The predicted molar refractivity (Wildman–Crippen MR) is 135 cm³/mol. The maximum absolute atomic E-state index is 4.63. The van der Waals surface area contributed by atoms with Gasteiger partial charge in [0, 0.05) is 39.8 Å². The minimum atomic E-state index is 0.605. The smallest absolute Gasteiger partial charge is 0.177 e. The number of aromatic amines is 1. The fourth-order valence-electron chi connectivity index (χ4n) is 3.52. The molecular weight excluding hydrogens is 496 g/mol. The summed E-state index contributed by atoms with van der Waals surface area (Å²) in [5.41, 5.74) is 6.49. The molecule has 6 aromatic rings. The Hall–Kier alpha value is -3.75. The van der Waals surface area contributed by atoms with Crippen molar-refractivity contribution in [2.45, 2.75) is 0 Å². The number of halogens is 1. The number of fused-ring (bicyclic) bond motifs is 1. The van der Waals surface area contributed by atoms with E-state index in [1.54, 1.807) is 17.5 Å². The van der Waals surface area contributed by atoms with Crippen LogP contribution in [-0.2, 0) is 0 Å². The first kappa shape index (κ1) is 19.9. The van der Waals surface area contributed by atoms with E-state index in [0.717, 1.165) is 53.5 Å². The molecule has 6 rings (SSSR count). The number of rotatable bonds is 4. The van der Waals surface area contributed by atoms with Crippen molar-refractivity contribution in [3.05, 3.63) is 89.8 Å². The number of aromatic nitrogens is 6. The lowest BCUT2D eigenvalue weighted by molar-refractivity contribution is 1.07. The largest absolute Gasteiger partial charge is 0.274 e. The lowest BCUT2D eigenvalue weighted by Crippen LogP contribution is -1.90. The summed E-state index contributed by atoms with van der Waals surface area (Å²) in [7, 11) is 0. The molecule has 4 heterocycles. The summed E-state index contributed by atoms with van der Waals surface area (Å²) in [6.45, 7) is 0. The van der Waals surface area contributed by atoms with Crippen LogP contribution in [0.15, 0.2) is 89.8 Å². The van der Waals surface area contributed by atoms with Crippen molar-refractivity contribution in [3.8, 4) is 44.5 Å². The molecule has 0 saturated carbocycles. The molecule has 0 aliphatic heterocycles. The first-order valence-electron chi connectivity index (χ1n) is 10.2. The SMILES string of the molecule is Brc1ccc(-c2cnc(-c3cc(-c4ccc(-c5nc6ncccc6s5)cc4)n[nH]3)nc2)cc1. The molecule has 2 aromatic carbocycles. The molecule has 0 amide bonds. The van der Waals surface area contributed by atoms with Gasteiger partial charge in [-0.05, 0) is 35.9 Å². The Labute approximate surface area is 201 Å². The van der Waals surface area contributed by atoms with Crippen molar-refractivity contribution in [3.63, 3.8) is 0 Å². The Balaban J connectivity index is 1.23. The van der Waals surface area contributed by atoms with Crippen LogP contribution in [0, 0.1) is 0 Å². The van der Waals surface area contributed by atoms with Crippen LogP contribution < -0.4 is 0 Å². The first-order valence-corrected chi connectivity index (χ1v) is 11.8. The molecule has 6 nitrogen and oxygen atoms in total. The zero-order valence-electron chi connectivity index (χ0n) is 17.1. The standard InChI is InChI=1S/C25H15BrN6S/c26-19-9-7-15(8-10-19)18-13-28-23(29-14-18)21-12-20(31-32-21)16-3-5-17(6-4-16)25-30-24-22(33-25)2-1-11-27-24/h1-14H,(H,31,32). The Kier molecular flexibility index (Phi) is 5.01. The highest BCUT2D eigenvalue weighted by Gasteiger charge is 2.11. The van der Waals surface area contributed by atoms with E-state index in [4.69, 9.17) is 0 Å². The number of pyridine rings is 1. The number of nitrogens with one attached hydrogen (secondary N) is 1. The number of benzene rings is 2. The van der Waals surface area contributed by atoms with Crippen LogP contribution in [0.25, 0.3) is 54.8 Å². The van der Waals surface area contributed by atoms with Gasteiger partial charge in [0.1, 0.15) is 10.7 Å². The van der Waals surface area contributed by atoms with Crippen molar-refractivity contribution in [1.29, 1.82) is 0 Å². The highest BCUT2D eigenvalue weighted by Crippen LogP contribution is 2.31. The maximum Gasteiger partial charge on any atom is 0.177 e. The van der Waals surface area contributed by atoms with E-state index < -0.39 is 0 Å². The normalized spacial score (nSPS) is 11.2. The van der Waals surface area contributed by atoms with E-state index in [9.17, 15) is 0 Å². The van der Waals surface area contributed by atoms with E-state index in [0.29, 0.717) is 5.82 Å². The summed E-state index contributed by atoms with van der Waals surface area (Å²) in [6, 6.07) is 22.2. The topological polar surface area (TPSA) is 80.2 Å². The van der Waals surface area contributed by atoms with E-state index in [1.807, 2.05) is 67.0 Å². The van der Waals surface area contributed by atoms with E-state index in [2.05, 4.69) is 58.2 Å². The molecule has 33 heavy (non-hydrogen) atoms. The highest BCUT2D eigenvalue weighted by molar-refractivity contribution is 9.10. The van der Waals surface area contributed by atoms with Crippen LogP contribution in [0.5, 0.6) is 0 Å². The van der Waals surface area contributed by atoms with Gasteiger partial charge in [-0.2, -0.15) is 5.10 Å². The summed E-state index contributed by atoms with van der Waals surface area (Å²) in [5, 5.41) is 8.46. The molecule has 0 aliphatic rings. The van der Waals surface area contributed by atoms with Gasteiger partial charge in [0.25, 0.3) is 0 Å². The van der Waals surface area contributed by atoms with Crippen LogP contribution in [-0.4, -0.2) is 30.1 Å². The average Bonchev–Trinajstić information content (AvgIpc) is 3.53. The van der Waals surface area contributed by atoms with Crippen LogP contribution in [0.3, 0.4) is 0 Å². The van der Waals surface area contributed by atoms with Gasteiger partial charge in [-0.15, -0.1) is 11.3 Å². The number of thiazole rings is 1. The van der Waals surface area contributed by atoms with Crippen LogP contribution >= 0.6 is 27.3 Å². The van der Waals surface area contributed by atoms with E-state index in [1.165, 1.54) is 0 Å². The molecule has 1 N–H and O–H groups in total. The van der Waals surface area contributed by atoms with Gasteiger partial charge in [0.15, 0.2) is 11.5 Å². The van der Waals surface area contributed by atoms with Gasteiger partial charge in [0.05, 0.1) is 10.4 Å². The predicted octanol–water partition coefficient (Wildman–Crippen LogP) is 6.63. The third-order valence-electron chi connectivity index (χ3n) is 5.24. The maximum atomic E-state index is 4.63. The number of hydrogen-bond donors (Lipinski definition) is 1. The second-order valence-electron chi connectivity index (χ2n) is 7.39. The van der Waals surface area contributed by atoms with Crippen LogP contribution in [0.4, 0.5) is 0 Å². The summed E-state index contributed by atoms with van der Waals surface area (Å²) < 4.78 is 2.12. The fraction of sp³-hybridized carbons (Fsp3) is 0. The van der Waals surface area contributed by atoms with Crippen molar-refractivity contribution in [2.24, 2.45) is 0 Å². The Morgan fingerprint density at radius 2 is 1.48 bits per heavy atom. The van der Waals surface area contributed by atoms with Gasteiger partial charge >= 0.3 is 0 Å². The van der Waals surface area contributed by atoms with Crippen molar-refractivity contribution >= 4 is 37.6 Å². The minimum absolute atomic E-state index is 0.605. The van der Waals surface area contributed by atoms with Crippen molar-refractivity contribution in [1.82, 2.24) is 30.1 Å². The van der Waals surface area contributed by atoms with Gasteiger partial charge in [0.2, 0.25) is 0 Å². The van der Waals surface area contributed by atoms with Gasteiger partial charge in [-0.25, -0.2) is 19.9 Å². The number of nitrogens with zero attached hydrogens (tertiary/aromatic N) is 5. The summed E-state index contributed by atoms with van der Waals surface area (Å²) in [6.07, 6.45) is 5.42. The average molecular weight is 511 g/mol. The monoisotopic (exact) mass is 510 g/mol. The number of hydrogen-bond acceptors (Lipinski definition) is 6. The lowest BCUT2D eigenvalue weighted by atomic mass is 10.1. The molecule has 0 fully saturated rings. The molecular formula is C25H15BrN6S. The van der Waals surface area contributed by atoms with Gasteiger partial charge in [-0.3, -0.25) is 5.10 Å². The van der Waals surface area contributed by atoms with Crippen molar-refractivity contribution < 1.29 is 0 Å². The van der Waals surface area contributed by atoms with Gasteiger partial charge in [-0.1, -0.05) is 52.3 Å². The highest BCUT2D eigenvalue weighted by atomic mass is 79.9. The Morgan fingerprint density at radius 3 is 2.24 bits per heavy atom.